The van der Waals surface area contributed by atoms with E-state index in [2.05, 4.69) is 0 Å². The van der Waals surface area contributed by atoms with Gasteiger partial charge in [-0.05, 0) is 38.3 Å². The van der Waals surface area contributed by atoms with Gasteiger partial charge in [0.1, 0.15) is 30.5 Å². The summed E-state index contributed by atoms with van der Waals surface area (Å²) in [6.45, 7) is 11.5. The Morgan fingerprint density at radius 1 is 0.837 bits per heavy atom. The lowest BCUT2D eigenvalue weighted by Gasteiger charge is -2.58. The van der Waals surface area contributed by atoms with E-state index in [0.29, 0.717) is 0 Å². The summed E-state index contributed by atoms with van der Waals surface area (Å²) in [5.41, 5.74) is -4.71. The molecule has 3 N–H and O–H groups in total. The van der Waals surface area contributed by atoms with E-state index in [-0.39, 0.29) is 30.6 Å². The molecule has 0 bridgehead atoms. The average Bonchev–Trinajstić information content (AvgIpc) is 3.08. The van der Waals surface area contributed by atoms with Crippen LogP contribution in [0.3, 0.4) is 0 Å². The van der Waals surface area contributed by atoms with Crippen molar-refractivity contribution in [1.82, 2.24) is 0 Å². The average molecular weight is 613 g/mol. The fourth-order valence-corrected chi connectivity index (χ4v) is 7.93. The van der Waals surface area contributed by atoms with Crippen LogP contribution in [0, 0.1) is 22.7 Å². The predicted octanol–water partition coefficient (Wildman–Crippen LogP) is 1.13. The Morgan fingerprint density at radius 2 is 1.35 bits per heavy atom. The van der Waals surface area contributed by atoms with Crippen molar-refractivity contribution in [1.29, 1.82) is 0 Å². The molecule has 0 spiro atoms. The molecule has 3 rings (SSSR count). The molecule has 10 atom stereocenters. The number of fused-ring (bicyclic) bond motifs is 2. The van der Waals surface area contributed by atoms with Crippen molar-refractivity contribution in [3.05, 3.63) is 11.1 Å². The smallest absolute Gasteiger partial charge is 0.303 e. The van der Waals surface area contributed by atoms with Crippen molar-refractivity contribution < 1.29 is 63.0 Å². The Balaban J connectivity index is 2.56. The first-order valence-corrected chi connectivity index (χ1v) is 14.3. The van der Waals surface area contributed by atoms with Crippen molar-refractivity contribution in [3.63, 3.8) is 0 Å². The minimum absolute atomic E-state index is 0.109. The minimum Gasteiger partial charge on any atom is -0.465 e. The third-order valence-electron chi connectivity index (χ3n) is 9.51. The maximum absolute atomic E-state index is 12.9. The van der Waals surface area contributed by atoms with Crippen molar-refractivity contribution in [2.75, 3.05) is 6.61 Å². The van der Waals surface area contributed by atoms with Crippen molar-refractivity contribution in [2.24, 2.45) is 22.7 Å². The molecular formula is C30H44O13. The van der Waals surface area contributed by atoms with Gasteiger partial charge in [-0.15, -0.1) is 0 Å². The number of ether oxygens (including phenoxy) is 5. The van der Waals surface area contributed by atoms with Crippen LogP contribution in [0.1, 0.15) is 75.2 Å². The quantitative estimate of drug-likeness (QED) is 0.211. The monoisotopic (exact) mass is 612 g/mol. The van der Waals surface area contributed by atoms with Crippen LogP contribution in [0.15, 0.2) is 11.1 Å². The van der Waals surface area contributed by atoms with Gasteiger partial charge in [-0.25, -0.2) is 0 Å². The van der Waals surface area contributed by atoms with Crippen LogP contribution in [-0.4, -0.2) is 94.0 Å². The summed E-state index contributed by atoms with van der Waals surface area (Å²) in [7, 11) is 0. The zero-order chi connectivity index (χ0) is 32.8. The lowest BCUT2D eigenvalue weighted by Crippen LogP contribution is -2.67. The van der Waals surface area contributed by atoms with Gasteiger partial charge in [-0.2, -0.15) is 0 Å². The van der Waals surface area contributed by atoms with Crippen LogP contribution in [0.4, 0.5) is 0 Å². The normalized spacial score (nSPS) is 37.3. The fraction of sp³-hybridized carbons (Fsp3) is 0.767. The molecule has 3 aliphatic carbocycles. The van der Waals surface area contributed by atoms with E-state index in [1.165, 1.54) is 27.7 Å². The summed E-state index contributed by atoms with van der Waals surface area (Å²) < 4.78 is 28.8. The van der Waals surface area contributed by atoms with Crippen molar-refractivity contribution in [3.8, 4) is 0 Å². The lowest BCUT2D eigenvalue weighted by molar-refractivity contribution is -0.248. The third-order valence-corrected chi connectivity index (χ3v) is 9.51. The zero-order valence-corrected chi connectivity index (χ0v) is 26.2. The number of carbonyl (C=O) groups excluding carboxylic acids is 5. The fourth-order valence-electron chi connectivity index (χ4n) is 7.93. The molecule has 0 heterocycles. The zero-order valence-electron chi connectivity index (χ0n) is 26.2. The number of rotatable bonds is 7. The van der Waals surface area contributed by atoms with Gasteiger partial charge in [0.2, 0.25) is 0 Å². The van der Waals surface area contributed by atoms with Crippen LogP contribution in [0.25, 0.3) is 0 Å². The number of esters is 5. The molecule has 0 radical (unpaired) electrons. The van der Waals surface area contributed by atoms with Crippen LogP contribution in [-0.2, 0) is 47.7 Å². The van der Waals surface area contributed by atoms with E-state index in [4.69, 9.17) is 23.7 Å². The summed E-state index contributed by atoms with van der Waals surface area (Å²) in [5.74, 6) is -5.81. The second-order valence-corrected chi connectivity index (χ2v) is 12.7. The first kappa shape index (κ1) is 34.5. The molecular weight excluding hydrogens is 568 g/mol. The maximum atomic E-state index is 12.9. The van der Waals surface area contributed by atoms with Crippen LogP contribution < -0.4 is 0 Å². The summed E-state index contributed by atoms with van der Waals surface area (Å²) >= 11 is 0. The van der Waals surface area contributed by atoms with Gasteiger partial charge in [-0.1, -0.05) is 6.92 Å². The van der Waals surface area contributed by atoms with E-state index >= 15 is 0 Å². The van der Waals surface area contributed by atoms with E-state index < -0.39 is 94.7 Å². The summed E-state index contributed by atoms with van der Waals surface area (Å²) in [6.07, 6.45) is -8.41. The van der Waals surface area contributed by atoms with E-state index in [9.17, 15) is 39.3 Å². The molecule has 13 heteroatoms. The van der Waals surface area contributed by atoms with Crippen LogP contribution >= 0.6 is 0 Å². The highest BCUT2D eigenvalue weighted by atomic mass is 16.6. The first-order chi connectivity index (χ1) is 19.7. The standard InChI is InChI=1S/C30H44O13/c1-13-20(36)11-30(28(7,8)38)23(13)25(37)27(43-18(6)35)29(9)22(41-16(4)33)10-21(40-15(3)32)19(12-39-14(2)31)24(29)26(30)42-17(5)34/h19-22,24-27,36-38H,10-12H2,1-9H3/t19-,20+,21+,22+,24+,25-,26+,27+,29-,30+/m1/s1. The highest BCUT2D eigenvalue weighted by molar-refractivity contribution is 5.69. The number of hydrogen-bond acceptors (Lipinski definition) is 13. The minimum atomic E-state index is -1.80. The number of aliphatic hydroxyl groups is 3. The maximum Gasteiger partial charge on any atom is 0.303 e. The summed E-state index contributed by atoms with van der Waals surface area (Å²) in [5, 5.41) is 35.3. The summed E-state index contributed by atoms with van der Waals surface area (Å²) in [6, 6.07) is 0. The largest absolute Gasteiger partial charge is 0.465 e. The molecule has 0 saturated heterocycles. The lowest BCUT2D eigenvalue weighted by atomic mass is 9.52. The molecule has 2 fully saturated rings. The van der Waals surface area contributed by atoms with E-state index in [1.807, 2.05) is 0 Å². The molecule has 13 nitrogen and oxygen atoms in total. The molecule has 0 amide bonds. The van der Waals surface area contributed by atoms with Gasteiger partial charge in [0.25, 0.3) is 0 Å². The molecule has 0 aliphatic heterocycles. The SMILES string of the molecule is CC(=O)OC[C@H]1[C@H]2[C@H](OC(C)=O)[C@]3(C(C)(C)O)C[C@H](O)C(C)=C3[C@@H](O)[C@H](OC(C)=O)[C@]2(C)[C@@H](OC(C)=O)C[C@@H]1OC(C)=O. The topological polar surface area (TPSA) is 192 Å². The van der Waals surface area contributed by atoms with Crippen LogP contribution in [0.5, 0.6) is 0 Å². The molecule has 0 aromatic heterocycles. The van der Waals surface area contributed by atoms with Crippen molar-refractivity contribution >= 4 is 29.8 Å². The third kappa shape index (κ3) is 6.03. The van der Waals surface area contributed by atoms with Gasteiger partial charge in [0.15, 0.2) is 0 Å². The van der Waals surface area contributed by atoms with E-state index in [0.717, 1.165) is 20.8 Å². The molecule has 0 aromatic rings. The molecule has 0 aromatic carbocycles. The molecule has 242 valence electrons. The molecule has 43 heavy (non-hydrogen) atoms. The second kappa shape index (κ2) is 12.2. The Bertz CT molecular complexity index is 1180. The van der Waals surface area contributed by atoms with E-state index in [1.54, 1.807) is 13.8 Å². The highest BCUT2D eigenvalue weighted by Gasteiger charge is 2.74. The molecule has 2 saturated carbocycles. The van der Waals surface area contributed by atoms with Gasteiger partial charge in [0.05, 0.1) is 29.1 Å². The number of carbonyl (C=O) groups is 5. The predicted molar refractivity (Wildman–Crippen MR) is 147 cm³/mol. The summed E-state index contributed by atoms with van der Waals surface area (Å²) in [4.78, 5) is 62.4. The number of hydrogen-bond donors (Lipinski definition) is 3. The Morgan fingerprint density at radius 3 is 1.81 bits per heavy atom. The second-order valence-electron chi connectivity index (χ2n) is 12.7. The van der Waals surface area contributed by atoms with Crippen LogP contribution in [0.2, 0.25) is 0 Å². The van der Waals surface area contributed by atoms with Crippen molar-refractivity contribution in [2.45, 2.75) is 117 Å². The van der Waals surface area contributed by atoms with Gasteiger partial charge in [0, 0.05) is 52.9 Å². The first-order valence-electron chi connectivity index (χ1n) is 14.3. The molecule has 3 aliphatic rings. The highest BCUT2D eigenvalue weighted by Crippen LogP contribution is 2.66. The van der Waals surface area contributed by atoms with Gasteiger partial charge < -0.3 is 39.0 Å². The Hall–Kier alpha value is -3.03. The molecule has 0 unspecified atom stereocenters. The van der Waals surface area contributed by atoms with Gasteiger partial charge >= 0.3 is 29.8 Å². The number of aliphatic hydroxyl groups excluding tert-OH is 2. The Labute approximate surface area is 250 Å². The van der Waals surface area contributed by atoms with Gasteiger partial charge in [-0.3, -0.25) is 24.0 Å². The Kier molecular flexibility index (Phi) is 9.75.